The quantitative estimate of drug-likeness (QED) is 0.764. The molecule has 2 aromatic rings. The fourth-order valence-corrected chi connectivity index (χ4v) is 3.94. The molecule has 0 bridgehead atoms. The Morgan fingerprint density at radius 3 is 2.83 bits per heavy atom. The van der Waals surface area contributed by atoms with Crippen LogP contribution in [0.5, 0.6) is 0 Å². The maximum Gasteiger partial charge on any atom is 0.312 e. The second-order valence-corrected chi connectivity index (χ2v) is 7.14. The molecular formula is C19H23NO3S. The summed E-state index contributed by atoms with van der Waals surface area (Å²) in [4.78, 5) is 16.8. The summed E-state index contributed by atoms with van der Waals surface area (Å²) in [7, 11) is 1.69. The van der Waals surface area contributed by atoms with Crippen LogP contribution in [0.15, 0.2) is 29.6 Å². The first-order chi connectivity index (χ1) is 11.7. The molecule has 4 nitrogen and oxygen atoms in total. The minimum absolute atomic E-state index is 0.0287. The fraction of sp³-hybridized carbons (Fsp3) is 0.474. The zero-order valence-electron chi connectivity index (χ0n) is 14.2. The van der Waals surface area contributed by atoms with Crippen molar-refractivity contribution < 1.29 is 14.3 Å². The molecule has 0 saturated heterocycles. The van der Waals surface area contributed by atoms with Crippen LogP contribution in [-0.4, -0.2) is 30.3 Å². The number of rotatable bonds is 5. The molecule has 24 heavy (non-hydrogen) atoms. The Labute approximate surface area is 146 Å². The van der Waals surface area contributed by atoms with E-state index in [-0.39, 0.29) is 24.6 Å². The van der Waals surface area contributed by atoms with E-state index < -0.39 is 0 Å². The Bertz CT molecular complexity index is 697. The second kappa shape index (κ2) is 7.90. The number of carbonyl (C=O) groups is 1. The van der Waals surface area contributed by atoms with Crippen molar-refractivity contribution in [3.8, 4) is 10.6 Å². The van der Waals surface area contributed by atoms with E-state index in [1.165, 1.54) is 5.56 Å². The summed E-state index contributed by atoms with van der Waals surface area (Å²) in [5.41, 5.74) is 3.06. The van der Waals surface area contributed by atoms with E-state index in [9.17, 15) is 4.79 Å². The van der Waals surface area contributed by atoms with Gasteiger partial charge in [-0.05, 0) is 32.3 Å². The average Bonchev–Trinajstić information content (AvgIpc) is 3.03. The number of carbonyl (C=O) groups excluding carboxylic acids is 1. The Morgan fingerprint density at radius 2 is 2.08 bits per heavy atom. The van der Waals surface area contributed by atoms with Crippen LogP contribution in [0.2, 0.25) is 0 Å². The van der Waals surface area contributed by atoms with Gasteiger partial charge in [0.2, 0.25) is 0 Å². The number of hydrogen-bond donors (Lipinski definition) is 0. The number of ether oxygens (including phenoxy) is 2. The van der Waals surface area contributed by atoms with E-state index in [0.29, 0.717) is 0 Å². The molecule has 1 heterocycles. The Balaban J connectivity index is 1.61. The zero-order chi connectivity index (χ0) is 16.9. The summed E-state index contributed by atoms with van der Waals surface area (Å²) in [6.45, 7) is 2.06. The maximum atomic E-state index is 12.2. The largest absolute Gasteiger partial charge is 0.459 e. The lowest BCUT2D eigenvalue weighted by Crippen LogP contribution is -2.36. The normalized spacial score (nSPS) is 20.8. The number of aryl methyl sites for hydroxylation is 1. The highest BCUT2D eigenvalue weighted by Crippen LogP contribution is 2.26. The van der Waals surface area contributed by atoms with Crippen LogP contribution in [0.25, 0.3) is 10.6 Å². The second-order valence-electron chi connectivity index (χ2n) is 6.28. The molecule has 0 spiro atoms. The molecule has 1 fully saturated rings. The highest BCUT2D eigenvalue weighted by Gasteiger charge is 2.28. The highest BCUT2D eigenvalue weighted by molar-refractivity contribution is 7.13. The lowest BCUT2D eigenvalue weighted by molar-refractivity contribution is -0.158. The first-order valence-electron chi connectivity index (χ1n) is 8.39. The van der Waals surface area contributed by atoms with Crippen LogP contribution < -0.4 is 0 Å². The molecule has 1 aromatic heterocycles. The third-order valence-electron chi connectivity index (χ3n) is 4.37. The van der Waals surface area contributed by atoms with Crippen LogP contribution in [0.4, 0.5) is 0 Å². The summed E-state index contributed by atoms with van der Waals surface area (Å²) in [6.07, 6.45) is 4.20. The average molecular weight is 345 g/mol. The van der Waals surface area contributed by atoms with Gasteiger partial charge < -0.3 is 9.47 Å². The van der Waals surface area contributed by atoms with E-state index in [4.69, 9.17) is 9.47 Å². The van der Waals surface area contributed by atoms with Gasteiger partial charge in [0, 0.05) is 18.1 Å². The van der Waals surface area contributed by atoms with Gasteiger partial charge in [-0.3, -0.25) is 4.79 Å². The predicted octanol–water partition coefficient (Wildman–Crippen LogP) is 4.16. The van der Waals surface area contributed by atoms with Crippen LogP contribution >= 0.6 is 11.3 Å². The van der Waals surface area contributed by atoms with Crippen molar-refractivity contribution in [2.45, 2.75) is 51.2 Å². The molecule has 1 aromatic carbocycles. The SMILES string of the molecule is COC1CCCCC1OC(=O)Cc1csc(-c2cccc(C)c2)n1. The molecule has 0 radical (unpaired) electrons. The van der Waals surface area contributed by atoms with Crippen molar-refractivity contribution in [3.05, 3.63) is 40.9 Å². The van der Waals surface area contributed by atoms with E-state index in [1.54, 1.807) is 18.4 Å². The summed E-state index contributed by atoms with van der Waals surface area (Å²) < 4.78 is 11.1. The summed E-state index contributed by atoms with van der Waals surface area (Å²) in [5, 5.41) is 2.88. The minimum atomic E-state index is -0.218. The van der Waals surface area contributed by atoms with Gasteiger partial charge in [-0.15, -0.1) is 11.3 Å². The lowest BCUT2D eigenvalue weighted by atomic mass is 9.94. The van der Waals surface area contributed by atoms with E-state index >= 15 is 0 Å². The summed E-state index contributed by atoms with van der Waals surface area (Å²) in [6, 6.07) is 8.23. The summed E-state index contributed by atoms with van der Waals surface area (Å²) >= 11 is 1.56. The van der Waals surface area contributed by atoms with Crippen molar-refractivity contribution in [2.24, 2.45) is 0 Å². The third kappa shape index (κ3) is 4.22. The van der Waals surface area contributed by atoms with Crippen LogP contribution in [0, 0.1) is 6.92 Å². The van der Waals surface area contributed by atoms with Crippen molar-refractivity contribution in [1.82, 2.24) is 4.98 Å². The Morgan fingerprint density at radius 1 is 1.29 bits per heavy atom. The molecule has 128 valence electrons. The predicted molar refractivity (Wildman–Crippen MR) is 95.1 cm³/mol. The van der Waals surface area contributed by atoms with E-state index in [2.05, 4.69) is 24.0 Å². The number of aromatic nitrogens is 1. The number of nitrogens with zero attached hydrogens (tertiary/aromatic N) is 1. The molecule has 0 amide bonds. The highest BCUT2D eigenvalue weighted by atomic mass is 32.1. The topological polar surface area (TPSA) is 48.4 Å². The van der Waals surface area contributed by atoms with Gasteiger partial charge in [0.25, 0.3) is 0 Å². The number of thiazole rings is 1. The molecule has 0 N–H and O–H groups in total. The maximum absolute atomic E-state index is 12.2. The zero-order valence-corrected chi connectivity index (χ0v) is 15.0. The molecular weight excluding hydrogens is 322 g/mol. The molecule has 1 aliphatic rings. The van der Waals surface area contributed by atoms with Crippen molar-refractivity contribution in [3.63, 3.8) is 0 Å². The van der Waals surface area contributed by atoms with Crippen molar-refractivity contribution >= 4 is 17.3 Å². The van der Waals surface area contributed by atoms with Gasteiger partial charge in [-0.25, -0.2) is 4.98 Å². The van der Waals surface area contributed by atoms with Gasteiger partial charge in [0.15, 0.2) is 0 Å². The van der Waals surface area contributed by atoms with Crippen molar-refractivity contribution in [2.75, 3.05) is 7.11 Å². The molecule has 2 unspecified atom stereocenters. The monoisotopic (exact) mass is 345 g/mol. The van der Waals surface area contributed by atoms with Gasteiger partial charge in [-0.2, -0.15) is 0 Å². The number of methoxy groups -OCH3 is 1. The molecule has 1 aliphatic carbocycles. The standard InChI is InChI=1S/C19H23NO3S/c1-13-6-5-7-14(10-13)19-20-15(12-24-19)11-18(21)23-17-9-4-3-8-16(17)22-2/h5-7,10,12,16-17H,3-4,8-9,11H2,1-2H3. The first-order valence-corrected chi connectivity index (χ1v) is 9.27. The Kier molecular flexibility index (Phi) is 5.63. The van der Waals surface area contributed by atoms with Crippen LogP contribution in [0.1, 0.15) is 36.9 Å². The molecule has 5 heteroatoms. The minimum Gasteiger partial charge on any atom is -0.459 e. The van der Waals surface area contributed by atoms with Gasteiger partial charge in [0.05, 0.1) is 18.2 Å². The lowest BCUT2D eigenvalue weighted by Gasteiger charge is -2.29. The Hall–Kier alpha value is -1.72. The summed E-state index contributed by atoms with van der Waals surface area (Å²) in [5.74, 6) is -0.218. The molecule has 2 atom stereocenters. The van der Waals surface area contributed by atoms with E-state index in [1.807, 2.05) is 17.5 Å². The first kappa shape index (κ1) is 17.1. The molecule has 3 rings (SSSR count). The van der Waals surface area contributed by atoms with Gasteiger partial charge in [-0.1, -0.05) is 30.2 Å². The van der Waals surface area contributed by atoms with Gasteiger partial charge >= 0.3 is 5.97 Å². The molecule has 1 saturated carbocycles. The third-order valence-corrected chi connectivity index (χ3v) is 5.31. The number of hydrogen-bond acceptors (Lipinski definition) is 5. The van der Waals surface area contributed by atoms with E-state index in [0.717, 1.165) is 41.9 Å². The fourth-order valence-electron chi connectivity index (χ4n) is 3.12. The van der Waals surface area contributed by atoms with Crippen LogP contribution in [0.3, 0.4) is 0 Å². The smallest absolute Gasteiger partial charge is 0.312 e. The molecule has 0 aliphatic heterocycles. The van der Waals surface area contributed by atoms with Crippen molar-refractivity contribution in [1.29, 1.82) is 0 Å². The number of benzene rings is 1. The number of esters is 1. The van der Waals surface area contributed by atoms with Gasteiger partial charge in [0.1, 0.15) is 11.1 Å². The van der Waals surface area contributed by atoms with Crippen LogP contribution in [-0.2, 0) is 20.7 Å².